The zero-order chi connectivity index (χ0) is 25.2. The summed E-state index contributed by atoms with van der Waals surface area (Å²) in [7, 11) is 3.22. The van der Waals surface area contributed by atoms with Crippen LogP contribution in [0.2, 0.25) is 0 Å². The van der Waals surface area contributed by atoms with Gasteiger partial charge in [-0.3, -0.25) is 9.59 Å². The monoisotopic (exact) mass is 484 g/mol. The maximum absolute atomic E-state index is 13.6. The number of rotatable bonds is 12. The number of carbonyl (C=O) groups excluding carboxylic acids is 2. The van der Waals surface area contributed by atoms with Crippen molar-refractivity contribution in [2.24, 2.45) is 5.92 Å². The van der Waals surface area contributed by atoms with Crippen LogP contribution in [0, 0.1) is 5.92 Å². The Morgan fingerprint density at radius 2 is 1.77 bits per heavy atom. The van der Waals surface area contributed by atoms with E-state index in [0.29, 0.717) is 37.4 Å². The molecule has 0 bridgehead atoms. The molecule has 0 atom stereocenters. The van der Waals surface area contributed by atoms with E-state index in [2.05, 4.69) is 0 Å². The van der Waals surface area contributed by atoms with Gasteiger partial charge in [0.05, 0.1) is 27.0 Å². The highest BCUT2D eigenvalue weighted by Gasteiger charge is 2.29. The number of ether oxygens (including phenoxy) is 2. The first-order valence-electron chi connectivity index (χ1n) is 12.7. The smallest absolute Gasteiger partial charge is 0.242 e. The minimum absolute atomic E-state index is 0.0513. The van der Waals surface area contributed by atoms with Gasteiger partial charge in [0.25, 0.3) is 0 Å². The number of benzene rings is 1. The number of hydrogen-bond donors (Lipinski definition) is 0. The minimum atomic E-state index is -0.0513. The van der Waals surface area contributed by atoms with Crippen molar-refractivity contribution in [3.8, 4) is 11.5 Å². The van der Waals surface area contributed by atoms with Crippen molar-refractivity contribution in [3.63, 3.8) is 0 Å². The molecule has 192 valence electrons. The summed E-state index contributed by atoms with van der Waals surface area (Å²) in [5.41, 5.74) is 1.04. The second-order valence-electron chi connectivity index (χ2n) is 9.75. The second-order valence-corrected chi connectivity index (χ2v) is 9.75. The fourth-order valence-electron chi connectivity index (χ4n) is 4.71. The van der Waals surface area contributed by atoms with Gasteiger partial charge in [-0.25, -0.2) is 0 Å². The Morgan fingerprint density at radius 3 is 2.40 bits per heavy atom. The molecule has 0 N–H and O–H groups in total. The molecular weight excluding hydrogens is 444 g/mol. The van der Waals surface area contributed by atoms with Gasteiger partial charge >= 0.3 is 0 Å². The van der Waals surface area contributed by atoms with Crippen LogP contribution in [-0.4, -0.2) is 55.0 Å². The lowest BCUT2D eigenvalue weighted by atomic mass is 9.93. The van der Waals surface area contributed by atoms with Crippen LogP contribution in [-0.2, 0) is 22.6 Å². The van der Waals surface area contributed by atoms with Crippen LogP contribution in [0.5, 0.6) is 11.5 Å². The van der Waals surface area contributed by atoms with E-state index in [1.165, 1.54) is 6.42 Å². The molecule has 0 radical (unpaired) electrons. The highest BCUT2D eigenvalue weighted by Crippen LogP contribution is 2.28. The third-order valence-electron chi connectivity index (χ3n) is 6.62. The normalized spacial score (nSPS) is 14.1. The molecule has 7 heteroatoms. The molecule has 2 amide bonds. The molecule has 1 aromatic heterocycles. The van der Waals surface area contributed by atoms with Gasteiger partial charge in [-0.15, -0.1) is 0 Å². The van der Waals surface area contributed by atoms with E-state index >= 15 is 0 Å². The van der Waals surface area contributed by atoms with Crippen LogP contribution in [0.25, 0.3) is 0 Å². The average Bonchev–Trinajstić information content (AvgIpc) is 3.38. The maximum Gasteiger partial charge on any atom is 0.242 e. The summed E-state index contributed by atoms with van der Waals surface area (Å²) in [6, 6.07) is 9.65. The predicted molar refractivity (Wildman–Crippen MR) is 135 cm³/mol. The van der Waals surface area contributed by atoms with Crippen LogP contribution in [0.4, 0.5) is 0 Å². The first kappa shape index (κ1) is 26.6. The summed E-state index contributed by atoms with van der Waals surface area (Å²) in [5, 5.41) is 0. The van der Waals surface area contributed by atoms with Crippen molar-refractivity contribution in [1.82, 2.24) is 9.80 Å². The highest BCUT2D eigenvalue weighted by atomic mass is 16.5. The Hall–Kier alpha value is -2.96. The van der Waals surface area contributed by atoms with E-state index in [9.17, 15) is 9.59 Å². The Morgan fingerprint density at radius 1 is 1.03 bits per heavy atom. The third-order valence-corrected chi connectivity index (χ3v) is 6.62. The predicted octanol–water partition coefficient (Wildman–Crippen LogP) is 5.08. The second kappa shape index (κ2) is 13.2. The Balaban J connectivity index is 1.75. The highest BCUT2D eigenvalue weighted by molar-refractivity contribution is 5.85. The van der Waals surface area contributed by atoms with E-state index in [1.54, 1.807) is 25.4 Å². The molecule has 2 aromatic rings. The Labute approximate surface area is 209 Å². The molecule has 0 saturated heterocycles. The summed E-state index contributed by atoms with van der Waals surface area (Å²) in [6.45, 7) is 5.08. The Bertz CT molecular complexity index is 935. The van der Waals surface area contributed by atoms with Gasteiger partial charge in [0.2, 0.25) is 11.8 Å². The molecule has 0 unspecified atom stereocenters. The molecule has 0 spiro atoms. The lowest BCUT2D eigenvalue weighted by Crippen LogP contribution is -2.48. The quantitative estimate of drug-likeness (QED) is 0.420. The fraction of sp³-hybridized carbons (Fsp3) is 0.571. The molecule has 1 heterocycles. The number of nitrogens with zero attached hydrogens (tertiary/aromatic N) is 2. The summed E-state index contributed by atoms with van der Waals surface area (Å²) in [4.78, 5) is 30.4. The van der Waals surface area contributed by atoms with Crippen molar-refractivity contribution in [2.45, 2.75) is 71.4 Å². The molecule has 1 aliphatic carbocycles. The minimum Gasteiger partial charge on any atom is -0.493 e. The molecule has 1 fully saturated rings. The van der Waals surface area contributed by atoms with Crippen molar-refractivity contribution >= 4 is 11.8 Å². The van der Waals surface area contributed by atoms with Gasteiger partial charge in [-0.1, -0.05) is 39.2 Å². The van der Waals surface area contributed by atoms with Gasteiger partial charge < -0.3 is 23.7 Å². The molecule has 0 aliphatic heterocycles. The summed E-state index contributed by atoms with van der Waals surface area (Å²) in [6.07, 6.45) is 8.10. The number of methoxy groups -OCH3 is 2. The number of carbonyl (C=O) groups is 2. The lowest BCUT2D eigenvalue weighted by molar-refractivity contribution is -0.144. The van der Waals surface area contributed by atoms with E-state index in [4.69, 9.17) is 13.9 Å². The van der Waals surface area contributed by atoms with Crippen molar-refractivity contribution in [3.05, 3.63) is 47.9 Å². The first-order chi connectivity index (χ1) is 16.9. The van der Waals surface area contributed by atoms with Crippen LogP contribution in [0.3, 0.4) is 0 Å². The third kappa shape index (κ3) is 7.77. The molecule has 1 saturated carbocycles. The van der Waals surface area contributed by atoms with Gasteiger partial charge in [-0.05, 0) is 55.0 Å². The summed E-state index contributed by atoms with van der Waals surface area (Å²) < 4.78 is 16.3. The summed E-state index contributed by atoms with van der Waals surface area (Å²) >= 11 is 0. The molecule has 1 aromatic carbocycles. The van der Waals surface area contributed by atoms with Crippen molar-refractivity contribution in [1.29, 1.82) is 0 Å². The number of amides is 2. The molecule has 35 heavy (non-hydrogen) atoms. The average molecular weight is 485 g/mol. The standard InChI is InChI=1S/C28H40N2O5/c1-21(2)17-27(31)30(23-9-6-5-7-10-23)20-28(32)29(19-24-11-8-16-35-24)15-14-22-12-13-25(33-3)26(18-22)34-4/h8,11-13,16,18,21,23H,5-7,9-10,14-15,17,19-20H2,1-4H3. The summed E-state index contributed by atoms with van der Waals surface area (Å²) in [5.74, 6) is 2.35. The SMILES string of the molecule is COc1ccc(CCN(Cc2ccco2)C(=O)CN(C(=O)CC(C)C)C2CCCCC2)cc1OC. The fourth-order valence-corrected chi connectivity index (χ4v) is 4.71. The van der Waals surface area contributed by atoms with Crippen LogP contribution in [0.1, 0.15) is 63.7 Å². The van der Waals surface area contributed by atoms with Crippen LogP contribution in [0.15, 0.2) is 41.0 Å². The molecule has 3 rings (SSSR count). The van der Waals surface area contributed by atoms with Gasteiger partial charge in [0.15, 0.2) is 11.5 Å². The van der Waals surface area contributed by atoms with Gasteiger partial charge in [0.1, 0.15) is 12.3 Å². The van der Waals surface area contributed by atoms with Crippen molar-refractivity contribution in [2.75, 3.05) is 27.3 Å². The van der Waals surface area contributed by atoms with Crippen molar-refractivity contribution < 1.29 is 23.5 Å². The van der Waals surface area contributed by atoms with Gasteiger partial charge in [-0.2, -0.15) is 0 Å². The molecular formula is C28H40N2O5. The largest absolute Gasteiger partial charge is 0.493 e. The molecule has 1 aliphatic rings. The maximum atomic E-state index is 13.6. The van der Waals surface area contributed by atoms with E-state index < -0.39 is 0 Å². The number of furan rings is 1. The molecule has 7 nitrogen and oxygen atoms in total. The Kier molecular flexibility index (Phi) is 10.1. The van der Waals surface area contributed by atoms with Crippen LogP contribution < -0.4 is 9.47 Å². The number of hydrogen-bond acceptors (Lipinski definition) is 5. The van der Waals surface area contributed by atoms with E-state index in [0.717, 1.165) is 37.0 Å². The lowest BCUT2D eigenvalue weighted by Gasteiger charge is -2.36. The zero-order valence-electron chi connectivity index (χ0n) is 21.6. The topological polar surface area (TPSA) is 72.2 Å². The zero-order valence-corrected chi connectivity index (χ0v) is 21.6. The van der Waals surface area contributed by atoms with Crippen LogP contribution >= 0.6 is 0 Å². The van der Waals surface area contributed by atoms with Gasteiger partial charge in [0, 0.05) is 19.0 Å². The first-order valence-corrected chi connectivity index (χ1v) is 12.7. The van der Waals surface area contributed by atoms with E-state index in [1.807, 2.05) is 49.1 Å². The van der Waals surface area contributed by atoms with E-state index in [-0.39, 0.29) is 30.3 Å².